The monoisotopic (exact) mass is 237 g/mol. The Morgan fingerprint density at radius 1 is 1.41 bits per heavy atom. The first kappa shape index (κ1) is 12.3. The second-order valence-corrected chi connectivity index (χ2v) is 4.56. The van der Waals surface area contributed by atoms with Crippen molar-refractivity contribution < 1.29 is 10.2 Å². The van der Waals surface area contributed by atoms with Crippen LogP contribution in [0, 0.1) is 0 Å². The predicted molar refractivity (Wildman–Crippen MR) is 64.6 cm³/mol. The third kappa shape index (κ3) is 2.56. The standard InChI is InChI=1S/C12H19N3O2/c1-15(10-4-2-3-5-11(10)17)12-9(7-16)6-13-8-14-12/h6,8,10-11,16-17H,2-5,7H2,1H3. The summed E-state index contributed by atoms with van der Waals surface area (Å²) in [5.74, 6) is 0.716. The third-order valence-electron chi connectivity index (χ3n) is 3.46. The van der Waals surface area contributed by atoms with Crippen molar-refractivity contribution in [1.82, 2.24) is 9.97 Å². The highest BCUT2D eigenvalue weighted by molar-refractivity contribution is 5.45. The molecule has 94 valence electrons. The van der Waals surface area contributed by atoms with Crippen LogP contribution in [0.15, 0.2) is 12.5 Å². The zero-order valence-electron chi connectivity index (χ0n) is 10.1. The van der Waals surface area contributed by atoms with Gasteiger partial charge >= 0.3 is 0 Å². The molecule has 5 heteroatoms. The first-order chi connectivity index (χ1) is 8.24. The van der Waals surface area contributed by atoms with E-state index in [2.05, 4.69) is 9.97 Å². The smallest absolute Gasteiger partial charge is 0.137 e. The molecule has 1 heterocycles. The molecule has 2 rings (SSSR count). The van der Waals surface area contributed by atoms with E-state index in [1.807, 2.05) is 11.9 Å². The summed E-state index contributed by atoms with van der Waals surface area (Å²) in [7, 11) is 1.92. The number of rotatable bonds is 3. The summed E-state index contributed by atoms with van der Waals surface area (Å²) in [5, 5.41) is 19.3. The summed E-state index contributed by atoms with van der Waals surface area (Å²) in [6.07, 6.45) is 6.80. The van der Waals surface area contributed by atoms with Gasteiger partial charge in [0.25, 0.3) is 0 Å². The van der Waals surface area contributed by atoms with E-state index in [4.69, 9.17) is 0 Å². The lowest BCUT2D eigenvalue weighted by Gasteiger charge is -2.36. The lowest BCUT2D eigenvalue weighted by molar-refractivity contribution is 0.105. The maximum absolute atomic E-state index is 10.0. The molecule has 2 unspecified atom stereocenters. The predicted octanol–water partition coefficient (Wildman–Crippen LogP) is 0.709. The molecule has 0 aliphatic heterocycles. The van der Waals surface area contributed by atoms with Crippen molar-refractivity contribution >= 4 is 5.82 Å². The molecule has 0 radical (unpaired) electrons. The van der Waals surface area contributed by atoms with Gasteiger partial charge in [0.1, 0.15) is 12.1 Å². The first-order valence-corrected chi connectivity index (χ1v) is 6.04. The number of hydrogen-bond donors (Lipinski definition) is 2. The molecular formula is C12H19N3O2. The number of aromatic nitrogens is 2. The molecule has 0 aromatic carbocycles. The van der Waals surface area contributed by atoms with Gasteiger partial charge in [0.15, 0.2) is 0 Å². The number of likely N-dealkylation sites (N-methyl/N-ethyl adjacent to an activating group) is 1. The van der Waals surface area contributed by atoms with Gasteiger partial charge in [0.05, 0.1) is 18.8 Å². The largest absolute Gasteiger partial charge is 0.391 e. The number of anilines is 1. The van der Waals surface area contributed by atoms with Crippen LogP contribution >= 0.6 is 0 Å². The van der Waals surface area contributed by atoms with E-state index < -0.39 is 0 Å². The molecule has 0 amide bonds. The summed E-state index contributed by atoms with van der Waals surface area (Å²) in [6.45, 7) is -0.0800. The highest BCUT2D eigenvalue weighted by Crippen LogP contribution is 2.26. The van der Waals surface area contributed by atoms with E-state index >= 15 is 0 Å². The van der Waals surface area contributed by atoms with Crippen LogP contribution in [0.25, 0.3) is 0 Å². The van der Waals surface area contributed by atoms with Crippen molar-refractivity contribution in [3.8, 4) is 0 Å². The number of nitrogens with zero attached hydrogens (tertiary/aromatic N) is 3. The van der Waals surface area contributed by atoms with Crippen molar-refractivity contribution in [1.29, 1.82) is 0 Å². The van der Waals surface area contributed by atoms with Crippen molar-refractivity contribution in [2.45, 2.75) is 44.4 Å². The SMILES string of the molecule is CN(c1ncncc1CO)C1CCCCC1O. The Morgan fingerprint density at radius 2 is 2.18 bits per heavy atom. The van der Waals surface area contributed by atoms with Crippen molar-refractivity contribution in [3.05, 3.63) is 18.1 Å². The molecule has 0 bridgehead atoms. The van der Waals surface area contributed by atoms with Crippen molar-refractivity contribution in [3.63, 3.8) is 0 Å². The zero-order valence-corrected chi connectivity index (χ0v) is 10.1. The van der Waals surface area contributed by atoms with E-state index in [0.29, 0.717) is 11.4 Å². The van der Waals surface area contributed by atoms with Crippen LogP contribution in [0.5, 0.6) is 0 Å². The molecule has 1 aliphatic carbocycles. The molecule has 2 atom stereocenters. The number of aliphatic hydroxyl groups excluding tert-OH is 2. The van der Waals surface area contributed by atoms with Crippen molar-refractivity contribution in [2.24, 2.45) is 0 Å². The van der Waals surface area contributed by atoms with Gasteiger partial charge in [0, 0.05) is 18.8 Å². The fourth-order valence-corrected chi connectivity index (χ4v) is 2.48. The fourth-order valence-electron chi connectivity index (χ4n) is 2.48. The first-order valence-electron chi connectivity index (χ1n) is 6.04. The highest BCUT2D eigenvalue weighted by atomic mass is 16.3. The van der Waals surface area contributed by atoms with Crippen LogP contribution in [0.1, 0.15) is 31.2 Å². The Kier molecular flexibility index (Phi) is 3.91. The average molecular weight is 237 g/mol. The molecule has 0 spiro atoms. The van der Waals surface area contributed by atoms with Gasteiger partial charge in [0.2, 0.25) is 0 Å². The van der Waals surface area contributed by atoms with Gasteiger partial charge in [-0.2, -0.15) is 0 Å². The summed E-state index contributed by atoms with van der Waals surface area (Å²) in [5.41, 5.74) is 0.702. The maximum atomic E-state index is 10.0. The number of aliphatic hydroxyl groups is 2. The third-order valence-corrected chi connectivity index (χ3v) is 3.46. The molecule has 5 nitrogen and oxygen atoms in total. The summed E-state index contributed by atoms with van der Waals surface area (Å²) >= 11 is 0. The van der Waals surface area contributed by atoms with Crippen LogP contribution in [-0.2, 0) is 6.61 Å². The molecule has 1 aromatic rings. The molecule has 1 aromatic heterocycles. The van der Waals surface area contributed by atoms with E-state index in [0.717, 1.165) is 25.7 Å². The van der Waals surface area contributed by atoms with Gasteiger partial charge in [-0.1, -0.05) is 12.8 Å². The zero-order chi connectivity index (χ0) is 12.3. The summed E-state index contributed by atoms with van der Waals surface area (Å²) < 4.78 is 0. The van der Waals surface area contributed by atoms with E-state index in [1.54, 1.807) is 6.20 Å². The second-order valence-electron chi connectivity index (χ2n) is 4.56. The van der Waals surface area contributed by atoms with Crippen molar-refractivity contribution in [2.75, 3.05) is 11.9 Å². The summed E-state index contributed by atoms with van der Waals surface area (Å²) in [6, 6.07) is 0.0870. The molecule has 1 aliphatic rings. The molecule has 1 saturated carbocycles. The van der Waals surface area contributed by atoms with E-state index in [-0.39, 0.29) is 18.8 Å². The maximum Gasteiger partial charge on any atom is 0.137 e. The van der Waals surface area contributed by atoms with Gasteiger partial charge < -0.3 is 15.1 Å². The molecule has 17 heavy (non-hydrogen) atoms. The van der Waals surface area contributed by atoms with Crippen LogP contribution in [-0.4, -0.2) is 39.4 Å². The Bertz CT molecular complexity index is 373. The minimum absolute atomic E-state index is 0.0800. The summed E-state index contributed by atoms with van der Waals surface area (Å²) in [4.78, 5) is 10.1. The fraction of sp³-hybridized carbons (Fsp3) is 0.667. The van der Waals surface area contributed by atoms with Crippen LogP contribution < -0.4 is 4.90 Å². The molecule has 0 saturated heterocycles. The highest BCUT2D eigenvalue weighted by Gasteiger charge is 2.28. The topological polar surface area (TPSA) is 69.5 Å². The Morgan fingerprint density at radius 3 is 2.88 bits per heavy atom. The van der Waals surface area contributed by atoms with Gasteiger partial charge in [-0.05, 0) is 12.8 Å². The van der Waals surface area contributed by atoms with Crippen LogP contribution in [0.2, 0.25) is 0 Å². The quantitative estimate of drug-likeness (QED) is 0.810. The molecule has 2 N–H and O–H groups in total. The van der Waals surface area contributed by atoms with E-state index in [9.17, 15) is 10.2 Å². The average Bonchev–Trinajstić information content (AvgIpc) is 2.38. The van der Waals surface area contributed by atoms with Crippen LogP contribution in [0.4, 0.5) is 5.82 Å². The minimum Gasteiger partial charge on any atom is -0.391 e. The van der Waals surface area contributed by atoms with Gasteiger partial charge in [-0.15, -0.1) is 0 Å². The van der Waals surface area contributed by atoms with Crippen LogP contribution in [0.3, 0.4) is 0 Å². The Hall–Kier alpha value is -1.20. The van der Waals surface area contributed by atoms with Gasteiger partial charge in [-0.3, -0.25) is 0 Å². The van der Waals surface area contributed by atoms with E-state index in [1.165, 1.54) is 6.33 Å². The second kappa shape index (κ2) is 5.42. The van der Waals surface area contributed by atoms with Gasteiger partial charge in [-0.25, -0.2) is 9.97 Å². The normalized spacial score (nSPS) is 24.6. The lowest BCUT2D eigenvalue weighted by Crippen LogP contribution is -2.44. The molecular weight excluding hydrogens is 218 g/mol. The molecule has 1 fully saturated rings. The Labute approximate surface area is 101 Å². The lowest BCUT2D eigenvalue weighted by atomic mass is 9.91. The Balaban J connectivity index is 2.20. The minimum atomic E-state index is -0.310. The number of hydrogen-bond acceptors (Lipinski definition) is 5.